The minimum Gasteiger partial charge on any atom is -0.391 e. The molecule has 0 unspecified atom stereocenters. The second kappa shape index (κ2) is 4.97. The van der Waals surface area contributed by atoms with Crippen LogP contribution in [0, 0.1) is 0 Å². The van der Waals surface area contributed by atoms with Crippen molar-refractivity contribution >= 4 is 17.3 Å². The highest BCUT2D eigenvalue weighted by Gasteiger charge is 2.32. The van der Waals surface area contributed by atoms with Gasteiger partial charge in [-0.15, -0.1) is 0 Å². The Bertz CT molecular complexity index is 436. The maximum absolute atomic E-state index is 12.6. The molecule has 0 bridgehead atoms. The molecule has 0 amide bonds. The van der Waals surface area contributed by atoms with Crippen molar-refractivity contribution in [2.24, 2.45) is 0 Å². The Morgan fingerprint density at radius 3 is 2.56 bits per heavy atom. The summed E-state index contributed by atoms with van der Waals surface area (Å²) in [5.74, 6) is 0. The highest BCUT2D eigenvalue weighted by atomic mass is 35.5. The topological polar surface area (TPSA) is 32.3 Å². The SMILES string of the molecule is O[C@@H]1CCC[C@H]1Nc1cc(C(F)(F)F)ccc1Cl. The molecule has 2 N–H and O–H groups in total. The van der Waals surface area contributed by atoms with Gasteiger partial charge in [-0.1, -0.05) is 11.6 Å². The maximum Gasteiger partial charge on any atom is 0.416 e. The fraction of sp³-hybridized carbons (Fsp3) is 0.500. The number of benzene rings is 1. The van der Waals surface area contributed by atoms with Crippen molar-refractivity contribution in [3.05, 3.63) is 28.8 Å². The molecule has 0 aliphatic heterocycles. The summed E-state index contributed by atoms with van der Waals surface area (Å²) in [6, 6.07) is 2.91. The normalized spacial score (nSPS) is 24.3. The molecule has 100 valence electrons. The molecule has 2 atom stereocenters. The van der Waals surface area contributed by atoms with E-state index in [1.165, 1.54) is 6.07 Å². The quantitative estimate of drug-likeness (QED) is 0.865. The largest absolute Gasteiger partial charge is 0.416 e. The Morgan fingerprint density at radius 1 is 1.28 bits per heavy atom. The van der Waals surface area contributed by atoms with E-state index in [1.807, 2.05) is 0 Å². The van der Waals surface area contributed by atoms with Crippen LogP contribution in [0.5, 0.6) is 0 Å². The molecule has 1 saturated carbocycles. The standard InChI is InChI=1S/C12H13ClF3NO/c13-8-5-4-7(12(14,15)16)6-10(8)17-9-2-1-3-11(9)18/h4-6,9,11,17-18H,1-3H2/t9-,11-/m1/s1. The van der Waals surface area contributed by atoms with Crippen LogP contribution in [0.1, 0.15) is 24.8 Å². The van der Waals surface area contributed by atoms with E-state index in [0.29, 0.717) is 6.42 Å². The molecule has 1 fully saturated rings. The van der Waals surface area contributed by atoms with Crippen molar-refractivity contribution in [1.29, 1.82) is 0 Å². The Labute approximate surface area is 108 Å². The van der Waals surface area contributed by atoms with Crippen molar-refractivity contribution in [1.82, 2.24) is 0 Å². The minimum absolute atomic E-state index is 0.220. The van der Waals surface area contributed by atoms with Gasteiger partial charge in [0.2, 0.25) is 0 Å². The molecule has 0 radical (unpaired) electrons. The average molecular weight is 280 g/mol. The number of aliphatic hydroxyl groups is 1. The van der Waals surface area contributed by atoms with Crippen molar-refractivity contribution < 1.29 is 18.3 Å². The van der Waals surface area contributed by atoms with Crippen LogP contribution < -0.4 is 5.32 Å². The number of anilines is 1. The van der Waals surface area contributed by atoms with E-state index >= 15 is 0 Å². The van der Waals surface area contributed by atoms with Gasteiger partial charge in [-0.2, -0.15) is 13.2 Å². The molecule has 1 aliphatic carbocycles. The van der Waals surface area contributed by atoms with Gasteiger partial charge < -0.3 is 10.4 Å². The van der Waals surface area contributed by atoms with E-state index in [-0.39, 0.29) is 16.8 Å². The summed E-state index contributed by atoms with van der Waals surface area (Å²) in [5.41, 5.74) is -0.528. The summed E-state index contributed by atoms with van der Waals surface area (Å²) in [4.78, 5) is 0. The van der Waals surface area contributed by atoms with Gasteiger partial charge in [-0.3, -0.25) is 0 Å². The minimum atomic E-state index is -4.39. The lowest BCUT2D eigenvalue weighted by atomic mass is 10.1. The molecule has 0 spiro atoms. The third kappa shape index (κ3) is 2.90. The summed E-state index contributed by atoms with van der Waals surface area (Å²) in [5, 5.41) is 12.8. The van der Waals surface area contributed by atoms with Gasteiger partial charge in [0.05, 0.1) is 28.4 Å². The fourth-order valence-corrected chi connectivity index (χ4v) is 2.29. The zero-order chi connectivity index (χ0) is 13.3. The first kappa shape index (κ1) is 13.5. The first-order chi connectivity index (χ1) is 8.38. The van der Waals surface area contributed by atoms with Crippen molar-refractivity contribution in [2.75, 3.05) is 5.32 Å². The Morgan fingerprint density at radius 2 is 2.00 bits per heavy atom. The molecule has 0 saturated heterocycles. The highest BCUT2D eigenvalue weighted by Crippen LogP contribution is 2.35. The van der Waals surface area contributed by atoms with Gasteiger partial charge in [0.25, 0.3) is 0 Å². The summed E-state index contributed by atoms with van der Waals surface area (Å²) in [7, 11) is 0. The molecule has 6 heteroatoms. The number of alkyl halides is 3. The predicted molar refractivity (Wildman–Crippen MR) is 63.7 cm³/mol. The molecule has 0 aromatic heterocycles. The fourth-order valence-electron chi connectivity index (χ4n) is 2.12. The Balaban J connectivity index is 2.21. The van der Waals surface area contributed by atoms with Gasteiger partial charge in [0.15, 0.2) is 0 Å². The third-order valence-corrected chi connectivity index (χ3v) is 3.44. The maximum atomic E-state index is 12.6. The number of aliphatic hydroxyl groups excluding tert-OH is 1. The summed E-state index contributed by atoms with van der Waals surface area (Å²) < 4.78 is 37.7. The predicted octanol–water partition coefficient (Wildman–Crippen LogP) is 3.68. The molecule has 1 aliphatic rings. The molecule has 1 aromatic rings. The van der Waals surface area contributed by atoms with Crippen molar-refractivity contribution in [2.45, 2.75) is 37.6 Å². The zero-order valence-corrected chi connectivity index (χ0v) is 10.2. The summed E-state index contributed by atoms with van der Waals surface area (Å²) >= 11 is 5.86. The molecule has 0 heterocycles. The lowest BCUT2D eigenvalue weighted by Crippen LogP contribution is -2.28. The van der Waals surface area contributed by atoms with Crippen LogP contribution in [-0.4, -0.2) is 17.3 Å². The van der Waals surface area contributed by atoms with E-state index in [1.54, 1.807) is 0 Å². The average Bonchev–Trinajstić information content (AvgIpc) is 2.66. The van der Waals surface area contributed by atoms with E-state index in [2.05, 4.69) is 5.32 Å². The van der Waals surface area contributed by atoms with Crippen LogP contribution in [0.2, 0.25) is 5.02 Å². The van der Waals surface area contributed by atoms with Crippen LogP contribution in [-0.2, 0) is 6.18 Å². The van der Waals surface area contributed by atoms with Crippen molar-refractivity contribution in [3.63, 3.8) is 0 Å². The summed E-state index contributed by atoms with van der Waals surface area (Å²) in [6.45, 7) is 0. The number of hydrogen-bond acceptors (Lipinski definition) is 2. The van der Waals surface area contributed by atoms with E-state index in [0.717, 1.165) is 25.0 Å². The van der Waals surface area contributed by atoms with Crippen LogP contribution in [0.25, 0.3) is 0 Å². The van der Waals surface area contributed by atoms with Gasteiger partial charge in [0.1, 0.15) is 0 Å². The van der Waals surface area contributed by atoms with Gasteiger partial charge in [-0.25, -0.2) is 0 Å². The van der Waals surface area contributed by atoms with Crippen LogP contribution in [0.4, 0.5) is 18.9 Å². The molecule has 2 nitrogen and oxygen atoms in total. The molecule has 1 aromatic carbocycles. The Kier molecular flexibility index (Phi) is 3.73. The zero-order valence-electron chi connectivity index (χ0n) is 9.47. The highest BCUT2D eigenvalue weighted by molar-refractivity contribution is 6.33. The van der Waals surface area contributed by atoms with E-state index < -0.39 is 17.8 Å². The number of nitrogens with one attached hydrogen (secondary N) is 1. The molecular weight excluding hydrogens is 267 g/mol. The third-order valence-electron chi connectivity index (χ3n) is 3.11. The number of halogens is 4. The van der Waals surface area contributed by atoms with Crippen molar-refractivity contribution in [3.8, 4) is 0 Å². The molecule has 2 rings (SSSR count). The Hall–Kier alpha value is -0.940. The van der Waals surface area contributed by atoms with Crippen LogP contribution in [0.15, 0.2) is 18.2 Å². The second-order valence-corrected chi connectivity index (χ2v) is 4.85. The van der Waals surface area contributed by atoms with Crippen LogP contribution in [0.3, 0.4) is 0 Å². The monoisotopic (exact) mass is 279 g/mol. The first-order valence-electron chi connectivity index (χ1n) is 5.69. The summed E-state index contributed by atoms with van der Waals surface area (Å²) in [6.07, 6.45) is -2.68. The van der Waals surface area contributed by atoms with E-state index in [4.69, 9.17) is 11.6 Å². The lowest BCUT2D eigenvalue weighted by molar-refractivity contribution is -0.137. The second-order valence-electron chi connectivity index (χ2n) is 4.44. The number of rotatable bonds is 2. The molecular formula is C12H13ClF3NO. The lowest BCUT2D eigenvalue weighted by Gasteiger charge is -2.19. The molecule has 18 heavy (non-hydrogen) atoms. The van der Waals surface area contributed by atoms with Gasteiger partial charge in [0, 0.05) is 0 Å². The van der Waals surface area contributed by atoms with Crippen LogP contribution >= 0.6 is 11.6 Å². The van der Waals surface area contributed by atoms with E-state index in [9.17, 15) is 18.3 Å². The van der Waals surface area contributed by atoms with Gasteiger partial charge in [-0.05, 0) is 37.5 Å². The van der Waals surface area contributed by atoms with Gasteiger partial charge >= 0.3 is 6.18 Å². The number of hydrogen-bond donors (Lipinski definition) is 2. The first-order valence-corrected chi connectivity index (χ1v) is 6.07. The smallest absolute Gasteiger partial charge is 0.391 e.